The maximum Gasteiger partial charge on any atom is 0.490 e. The van der Waals surface area contributed by atoms with Gasteiger partial charge in [-0.15, -0.1) is 0 Å². The van der Waals surface area contributed by atoms with Crippen molar-refractivity contribution in [3.05, 3.63) is 205 Å². The summed E-state index contributed by atoms with van der Waals surface area (Å²) in [6.45, 7) is -1.82. The molecule has 119 heavy (non-hydrogen) atoms. The highest BCUT2D eigenvalue weighted by Crippen LogP contribution is 2.39. The lowest BCUT2D eigenvalue weighted by molar-refractivity contribution is -0.305. The SMILES string of the molecule is NC[C@@H]1O[C@H](O[C@H]2[C@@H](OC(=O)Nc3ccc(Cl)cc3)[C@@H](O[C@@H]3[C@@H](OC(=O)Nc4ccc(Cl)cc4)[C@H](N)C[C@H](N)[C@H]3O[C@H]3O[C@H](CN)[C@@H](OC(=O)Nc4ccc(Cl)cc4)[C@H](OC(=O)Nc4ccc(Cl)cc4)[C@H]3N)O[C@@H]2COC(=O)Nc2ccc(Cl)cc2)[C@H](N)[C@@H](OC(=O)Nc2ccc(Cl)cc2)[C@@H]1OC(=O)Nc1ccc(Cl)cc1.O=C(O)C(F)(F)F. The largest absolute Gasteiger partial charge is 0.490 e. The van der Waals surface area contributed by atoms with Gasteiger partial charge in [-0.1, -0.05) is 81.2 Å². The normalized spacial score (nSPS) is 25.8. The van der Waals surface area contributed by atoms with Crippen LogP contribution >= 0.6 is 81.2 Å². The van der Waals surface area contributed by atoms with Crippen LogP contribution in [-0.4, -0.2) is 196 Å². The van der Waals surface area contributed by atoms with E-state index < -0.39 is 191 Å². The van der Waals surface area contributed by atoms with Gasteiger partial charge in [0.1, 0.15) is 49.3 Å². The van der Waals surface area contributed by atoms with Crippen LogP contribution in [0.15, 0.2) is 170 Å². The summed E-state index contributed by atoms with van der Waals surface area (Å²) in [7, 11) is 0. The first-order valence-corrected chi connectivity index (χ1v) is 38.0. The predicted octanol–water partition coefficient (Wildman–Crippen LogP) is 12.1. The highest BCUT2D eigenvalue weighted by atomic mass is 35.5. The Balaban J connectivity index is 0.00000203. The van der Waals surface area contributed by atoms with E-state index in [1.54, 1.807) is 0 Å². The molecule has 1 aliphatic carbocycles. The molecule has 0 spiro atoms. The molecule has 4 aliphatic rings. The van der Waals surface area contributed by atoms with E-state index in [1.807, 2.05) is 0 Å². The van der Waals surface area contributed by atoms with E-state index in [0.29, 0.717) is 30.1 Å². The second-order valence-corrected chi connectivity index (χ2v) is 29.2. The molecule has 4 fully saturated rings. The number of nitrogens with two attached hydrogens (primary N) is 6. The zero-order valence-electron chi connectivity index (χ0n) is 61.2. The smallest absolute Gasteiger partial charge is 0.475 e. The minimum Gasteiger partial charge on any atom is -0.475 e. The number of alkyl halides is 3. The van der Waals surface area contributed by atoms with Crippen LogP contribution in [0.25, 0.3) is 0 Å². The van der Waals surface area contributed by atoms with Gasteiger partial charge in [0.05, 0.1) is 12.1 Å². The molecule has 0 bridgehead atoms. The van der Waals surface area contributed by atoms with Crippen molar-refractivity contribution in [3.8, 4) is 0 Å². The summed E-state index contributed by atoms with van der Waals surface area (Å²) in [5.74, 6) is -2.76. The van der Waals surface area contributed by atoms with Crippen molar-refractivity contribution in [3.63, 3.8) is 0 Å². The quantitative estimate of drug-likeness (QED) is 0.0265. The maximum absolute atomic E-state index is 14.8. The topological polar surface area (TPSA) is 517 Å². The van der Waals surface area contributed by atoms with Gasteiger partial charge < -0.3 is 101 Å². The van der Waals surface area contributed by atoms with E-state index >= 15 is 0 Å². The number of carbonyl (C=O) groups excluding carboxylic acids is 7. The van der Waals surface area contributed by atoms with Crippen LogP contribution in [0.4, 0.5) is 86.5 Å². The number of carboxylic acid groups (broad SMARTS) is 1. The lowest BCUT2D eigenvalue weighted by Gasteiger charge is -2.48. The Morgan fingerprint density at radius 2 is 0.571 bits per heavy atom. The molecule has 3 aliphatic heterocycles. The number of carboxylic acids is 1. The monoisotopic (exact) mass is 1800 g/mol. The number of carbonyl (C=O) groups is 8. The average Bonchev–Trinajstić information content (AvgIpc) is 1.74. The fourth-order valence-corrected chi connectivity index (χ4v) is 13.0. The highest BCUT2D eigenvalue weighted by Gasteiger charge is 2.59. The van der Waals surface area contributed by atoms with Gasteiger partial charge in [-0.2, -0.15) is 13.2 Å². The molecule has 7 amide bonds. The molecule has 7 aromatic carbocycles. The van der Waals surface area contributed by atoms with Crippen molar-refractivity contribution in [2.75, 3.05) is 56.9 Å². The predicted molar refractivity (Wildman–Crippen MR) is 427 cm³/mol. The summed E-state index contributed by atoms with van der Waals surface area (Å²) < 4.78 is 114. The molecule has 19 atom stereocenters. The first-order valence-electron chi connectivity index (χ1n) is 35.4. The third kappa shape index (κ3) is 26.4. The van der Waals surface area contributed by atoms with Crippen LogP contribution in [0.5, 0.6) is 0 Å². The number of amides is 7. The molecule has 1 saturated carbocycles. The lowest BCUT2D eigenvalue weighted by atomic mass is 9.84. The standard InChI is InChI=1S/C72H74Cl7N13O20.C2HF3O2/c73-33-1-15-40(16-2-33)86-66(93)100-32-51-58(105-64-53(85)60(111-71(98)91-45-25-11-38(78)12-26-45)57(50(31-81)102-64)109-69(96)89-43-21-7-36(76)8-22-43)62(112-72(99)92-46-27-13-39(79)14-28-46)65(103-51)106-61-54(47(82)29-48(83)55(61)107-67(94)87-41-17-3-34(74)4-18-41)104-63-52(84)59(110-70(97)90-44-23-9-37(77)10-24-44)56(49(30-80)101-63)108-68(95)88-42-19-5-35(75)6-20-42;3-2(4,5)1(6)7/h1-28,47-65H,29-32,80-85H2,(H,86,93)(H,87,94)(H,88,95)(H,89,96)(H,90,97)(H,91,98)(H,92,99);(H,6,7)/t47-,48+,49+,50-,51+,52+,53+,54+,55-,56+,57+,58+,59+,60+,61-,62+,63+,64+,65+;/m0./s1. The van der Waals surface area contributed by atoms with Gasteiger partial charge in [-0.05, 0) is 176 Å². The molecule has 638 valence electrons. The van der Waals surface area contributed by atoms with Crippen molar-refractivity contribution in [2.45, 2.75) is 129 Å². The van der Waals surface area contributed by atoms with E-state index in [4.69, 9.17) is 187 Å². The number of ether oxygens (including phenoxy) is 13. The first kappa shape index (κ1) is 91.5. The summed E-state index contributed by atoms with van der Waals surface area (Å²) in [4.78, 5) is 108. The number of hydrogen-bond donors (Lipinski definition) is 14. The van der Waals surface area contributed by atoms with Crippen LogP contribution in [-0.2, 0) is 66.4 Å². The molecule has 45 heteroatoms. The highest BCUT2D eigenvalue weighted by molar-refractivity contribution is 6.32. The van der Waals surface area contributed by atoms with E-state index in [0.717, 1.165) is 0 Å². The fraction of sp³-hybridized carbons (Fsp3) is 0.324. The Labute approximate surface area is 709 Å². The minimum atomic E-state index is -5.08. The molecule has 0 radical (unpaired) electrons. The van der Waals surface area contributed by atoms with E-state index in [2.05, 4.69) is 37.2 Å². The van der Waals surface area contributed by atoms with Crippen molar-refractivity contribution in [2.24, 2.45) is 34.4 Å². The van der Waals surface area contributed by atoms with Crippen LogP contribution in [0.2, 0.25) is 35.2 Å². The molecule has 11 rings (SSSR count). The zero-order valence-corrected chi connectivity index (χ0v) is 66.5. The van der Waals surface area contributed by atoms with Crippen molar-refractivity contribution in [1.82, 2.24) is 0 Å². The van der Waals surface area contributed by atoms with Crippen molar-refractivity contribution < 1.29 is 118 Å². The molecular weight excluding hydrogens is 1730 g/mol. The number of rotatable bonds is 23. The maximum atomic E-state index is 14.8. The molecule has 0 aromatic heterocycles. The van der Waals surface area contributed by atoms with Gasteiger partial charge in [0.2, 0.25) is 0 Å². The third-order valence-electron chi connectivity index (χ3n) is 17.7. The summed E-state index contributed by atoms with van der Waals surface area (Å²) >= 11 is 43.2. The number of nitrogens with one attached hydrogen (secondary N) is 7. The Morgan fingerprint density at radius 1 is 0.336 bits per heavy atom. The lowest BCUT2D eigenvalue weighted by Crippen LogP contribution is -2.69. The van der Waals surface area contributed by atoms with Crippen LogP contribution in [0, 0.1) is 0 Å². The summed E-state index contributed by atoms with van der Waals surface area (Å²) in [6, 6.07) is 35.5. The summed E-state index contributed by atoms with van der Waals surface area (Å²) in [5.41, 5.74) is 42.6. The molecule has 3 saturated heterocycles. The van der Waals surface area contributed by atoms with Crippen LogP contribution in [0.3, 0.4) is 0 Å². The summed E-state index contributed by atoms with van der Waals surface area (Å²) in [6.07, 6.45) is -39.6. The van der Waals surface area contributed by atoms with Gasteiger partial charge in [0.25, 0.3) is 0 Å². The van der Waals surface area contributed by atoms with Gasteiger partial charge in [-0.3, -0.25) is 37.2 Å². The van der Waals surface area contributed by atoms with Crippen LogP contribution < -0.4 is 71.6 Å². The van der Waals surface area contributed by atoms with E-state index in [1.165, 1.54) is 170 Å². The molecule has 20 N–H and O–H groups in total. The molecule has 0 unspecified atom stereocenters. The van der Waals surface area contributed by atoms with Gasteiger partial charge >= 0.3 is 54.8 Å². The average molecular weight is 1800 g/mol. The van der Waals surface area contributed by atoms with Crippen molar-refractivity contribution in [1.29, 1.82) is 0 Å². The second-order valence-electron chi connectivity index (χ2n) is 26.2. The number of hydrogen-bond acceptors (Lipinski definition) is 27. The Morgan fingerprint density at radius 3 is 0.857 bits per heavy atom. The minimum absolute atomic E-state index is 0.130. The third-order valence-corrected chi connectivity index (χ3v) is 19.5. The molecule has 35 nitrogen and oxygen atoms in total. The van der Waals surface area contributed by atoms with E-state index in [-0.39, 0.29) is 51.3 Å². The number of anilines is 7. The Hall–Kier alpha value is -9.76. The Kier molecular flexibility index (Phi) is 32.7. The molecule has 3 heterocycles. The van der Waals surface area contributed by atoms with Gasteiger partial charge in [0, 0.05) is 100 Å². The number of aliphatic carboxylic acids is 1. The van der Waals surface area contributed by atoms with Crippen molar-refractivity contribution >= 4 is 170 Å². The van der Waals surface area contributed by atoms with Gasteiger partial charge in [-0.25, -0.2) is 38.4 Å². The fourth-order valence-electron chi connectivity index (χ4n) is 12.2. The second kappa shape index (κ2) is 42.5. The van der Waals surface area contributed by atoms with E-state index in [9.17, 15) is 46.7 Å². The Bertz CT molecular complexity index is 4610. The summed E-state index contributed by atoms with van der Waals surface area (Å²) in [5, 5.41) is 27.5. The number of benzene rings is 7. The van der Waals surface area contributed by atoms with Gasteiger partial charge in [0.15, 0.2) is 49.4 Å². The molecular formula is C74H75Cl7F3N13O22. The first-order chi connectivity index (χ1) is 56.6. The zero-order chi connectivity index (χ0) is 85.9. The molecule has 7 aromatic rings. The van der Waals surface area contributed by atoms with Crippen LogP contribution in [0.1, 0.15) is 6.42 Å². The number of halogens is 10.